The molecule has 28 heavy (non-hydrogen) atoms. The first-order chi connectivity index (χ1) is 13.7. The highest BCUT2D eigenvalue weighted by atomic mass is 16.5. The first-order valence-electron chi connectivity index (χ1n) is 9.79. The minimum Gasteiger partial charge on any atom is -0.464 e. The molecule has 1 saturated heterocycles. The number of benzene rings is 1. The van der Waals surface area contributed by atoms with Crippen LogP contribution in [-0.4, -0.2) is 29.2 Å². The van der Waals surface area contributed by atoms with Crippen LogP contribution >= 0.6 is 0 Å². The number of carbonyl (C=O) groups excluding carboxylic acids is 1. The number of aryl methyl sites for hydroxylation is 1. The molecule has 6 heteroatoms. The molecule has 2 fully saturated rings. The third kappa shape index (κ3) is 2.67. The molecule has 3 aromatic rings. The van der Waals surface area contributed by atoms with E-state index in [1.54, 1.807) is 12.5 Å². The summed E-state index contributed by atoms with van der Waals surface area (Å²) in [5.41, 5.74) is 1.57. The molecule has 0 spiro atoms. The SMILES string of the molecule is CCn1cc(C(=O)N[C@H]2C[C@@H]3OCC[C@H]23)c(=O)c2cc(-c3ccco3)ccc21. The lowest BCUT2D eigenvalue weighted by molar-refractivity contribution is 0.00807. The van der Waals surface area contributed by atoms with Gasteiger partial charge in [-0.05, 0) is 50.1 Å². The topological polar surface area (TPSA) is 73.5 Å². The minimum absolute atomic E-state index is 0.0969. The summed E-state index contributed by atoms with van der Waals surface area (Å²) in [5, 5.41) is 3.58. The molecular formula is C22H22N2O4. The lowest BCUT2D eigenvalue weighted by Gasteiger charge is -2.39. The summed E-state index contributed by atoms with van der Waals surface area (Å²) in [6, 6.07) is 9.41. The first-order valence-corrected chi connectivity index (χ1v) is 9.79. The molecule has 5 rings (SSSR count). The van der Waals surface area contributed by atoms with E-state index in [4.69, 9.17) is 9.15 Å². The number of nitrogens with zero attached hydrogens (tertiary/aromatic N) is 1. The molecule has 0 unspecified atom stereocenters. The van der Waals surface area contributed by atoms with Gasteiger partial charge in [-0.3, -0.25) is 9.59 Å². The van der Waals surface area contributed by atoms with E-state index in [0.717, 1.165) is 30.5 Å². The molecule has 1 aromatic carbocycles. The number of pyridine rings is 1. The van der Waals surface area contributed by atoms with Crippen LogP contribution in [0.3, 0.4) is 0 Å². The third-order valence-corrected chi connectivity index (χ3v) is 6.05. The molecule has 2 aromatic heterocycles. The van der Waals surface area contributed by atoms with E-state index in [2.05, 4.69) is 5.32 Å². The van der Waals surface area contributed by atoms with Crippen LogP contribution in [0.5, 0.6) is 0 Å². The van der Waals surface area contributed by atoms with Gasteiger partial charge in [0, 0.05) is 42.3 Å². The van der Waals surface area contributed by atoms with Crippen LogP contribution in [0.25, 0.3) is 22.2 Å². The molecule has 0 bridgehead atoms. The zero-order valence-corrected chi connectivity index (χ0v) is 15.7. The number of hydrogen-bond donors (Lipinski definition) is 1. The lowest BCUT2D eigenvalue weighted by atomic mass is 9.76. The van der Waals surface area contributed by atoms with E-state index >= 15 is 0 Å². The second-order valence-electron chi connectivity index (χ2n) is 7.54. The lowest BCUT2D eigenvalue weighted by Crippen LogP contribution is -2.54. The highest BCUT2D eigenvalue weighted by Gasteiger charge is 2.45. The zero-order chi connectivity index (χ0) is 19.3. The fourth-order valence-electron chi connectivity index (χ4n) is 4.43. The Bertz CT molecular complexity index is 1100. The second kappa shape index (κ2) is 6.63. The number of furan rings is 1. The number of carbonyl (C=O) groups is 1. The number of nitrogens with one attached hydrogen (secondary N) is 1. The van der Waals surface area contributed by atoms with Crippen LogP contribution in [0.15, 0.2) is 52.0 Å². The van der Waals surface area contributed by atoms with Crippen LogP contribution in [0.1, 0.15) is 30.1 Å². The Balaban J connectivity index is 1.53. The highest BCUT2D eigenvalue weighted by Crippen LogP contribution is 2.38. The highest BCUT2D eigenvalue weighted by molar-refractivity contribution is 5.98. The van der Waals surface area contributed by atoms with Gasteiger partial charge in [0.15, 0.2) is 0 Å². The molecule has 1 aliphatic heterocycles. The molecule has 3 heterocycles. The van der Waals surface area contributed by atoms with Crippen molar-refractivity contribution in [3.05, 3.63) is 58.6 Å². The van der Waals surface area contributed by atoms with Crippen molar-refractivity contribution in [3.8, 4) is 11.3 Å². The molecule has 1 saturated carbocycles. The fourth-order valence-corrected chi connectivity index (χ4v) is 4.43. The Kier molecular flexibility index (Phi) is 4.09. The first kappa shape index (κ1) is 17.3. The van der Waals surface area contributed by atoms with Crippen LogP contribution in [0.2, 0.25) is 0 Å². The molecule has 0 radical (unpaired) electrons. The number of amides is 1. The molecule has 6 nitrogen and oxygen atoms in total. The number of fused-ring (bicyclic) bond motifs is 2. The van der Waals surface area contributed by atoms with Crippen molar-refractivity contribution in [2.24, 2.45) is 5.92 Å². The van der Waals surface area contributed by atoms with Gasteiger partial charge in [0.2, 0.25) is 5.43 Å². The second-order valence-corrected chi connectivity index (χ2v) is 7.54. The fraction of sp³-hybridized carbons (Fsp3) is 0.364. The molecule has 1 N–H and O–H groups in total. The summed E-state index contributed by atoms with van der Waals surface area (Å²) in [6.45, 7) is 3.42. The Morgan fingerprint density at radius 3 is 2.96 bits per heavy atom. The molecule has 1 amide bonds. The predicted octanol–water partition coefficient (Wildman–Crippen LogP) is 3.19. The van der Waals surface area contributed by atoms with E-state index < -0.39 is 0 Å². The van der Waals surface area contributed by atoms with Crippen LogP contribution < -0.4 is 10.7 Å². The van der Waals surface area contributed by atoms with Crippen molar-refractivity contribution in [2.75, 3.05) is 6.61 Å². The Hall–Kier alpha value is -2.86. The largest absolute Gasteiger partial charge is 0.464 e. The van der Waals surface area contributed by atoms with E-state index in [1.165, 1.54) is 0 Å². The summed E-state index contributed by atoms with van der Waals surface area (Å²) in [5.74, 6) is 0.775. The van der Waals surface area contributed by atoms with Crippen LogP contribution in [0.4, 0.5) is 0 Å². The van der Waals surface area contributed by atoms with Crippen molar-refractivity contribution >= 4 is 16.8 Å². The van der Waals surface area contributed by atoms with E-state index in [-0.39, 0.29) is 29.0 Å². The van der Waals surface area contributed by atoms with Gasteiger partial charge in [0.1, 0.15) is 11.3 Å². The zero-order valence-electron chi connectivity index (χ0n) is 15.7. The van der Waals surface area contributed by atoms with Gasteiger partial charge < -0.3 is 19.0 Å². The van der Waals surface area contributed by atoms with Gasteiger partial charge in [-0.25, -0.2) is 0 Å². The van der Waals surface area contributed by atoms with Crippen LogP contribution in [0, 0.1) is 5.92 Å². The van der Waals surface area contributed by atoms with Gasteiger partial charge in [0.05, 0.1) is 17.9 Å². The summed E-state index contributed by atoms with van der Waals surface area (Å²) in [4.78, 5) is 26.0. The Morgan fingerprint density at radius 2 is 2.21 bits per heavy atom. The van der Waals surface area contributed by atoms with E-state index in [1.807, 2.05) is 41.8 Å². The molecule has 144 valence electrons. The molecule has 1 aliphatic carbocycles. The monoisotopic (exact) mass is 378 g/mol. The summed E-state index contributed by atoms with van der Waals surface area (Å²) >= 11 is 0. The number of aromatic nitrogens is 1. The smallest absolute Gasteiger partial charge is 0.257 e. The van der Waals surface area contributed by atoms with E-state index in [9.17, 15) is 9.59 Å². The Labute approximate surface area is 162 Å². The van der Waals surface area contributed by atoms with Gasteiger partial charge in [-0.15, -0.1) is 0 Å². The maximum atomic E-state index is 13.1. The van der Waals surface area contributed by atoms with Crippen molar-refractivity contribution in [3.63, 3.8) is 0 Å². The van der Waals surface area contributed by atoms with Crippen molar-refractivity contribution < 1.29 is 13.9 Å². The van der Waals surface area contributed by atoms with Gasteiger partial charge in [0.25, 0.3) is 5.91 Å². The average molecular weight is 378 g/mol. The Morgan fingerprint density at radius 1 is 1.32 bits per heavy atom. The van der Waals surface area contributed by atoms with E-state index in [0.29, 0.717) is 23.6 Å². The van der Waals surface area contributed by atoms with Crippen molar-refractivity contribution in [1.82, 2.24) is 9.88 Å². The average Bonchev–Trinajstić information content (AvgIpc) is 3.36. The third-order valence-electron chi connectivity index (χ3n) is 6.05. The van der Waals surface area contributed by atoms with Gasteiger partial charge >= 0.3 is 0 Å². The summed E-state index contributed by atoms with van der Waals surface area (Å²) in [6.07, 6.45) is 5.35. The molecular weight excluding hydrogens is 356 g/mol. The number of rotatable bonds is 4. The number of ether oxygens (including phenoxy) is 1. The molecule has 2 aliphatic rings. The molecule has 3 atom stereocenters. The van der Waals surface area contributed by atoms with Gasteiger partial charge in [-0.2, -0.15) is 0 Å². The summed E-state index contributed by atoms with van der Waals surface area (Å²) < 4.78 is 13.0. The van der Waals surface area contributed by atoms with Gasteiger partial charge in [-0.1, -0.05) is 0 Å². The number of hydrogen-bond acceptors (Lipinski definition) is 4. The van der Waals surface area contributed by atoms with Crippen molar-refractivity contribution in [2.45, 2.75) is 38.5 Å². The van der Waals surface area contributed by atoms with Crippen molar-refractivity contribution in [1.29, 1.82) is 0 Å². The predicted molar refractivity (Wildman–Crippen MR) is 105 cm³/mol. The maximum Gasteiger partial charge on any atom is 0.257 e. The maximum absolute atomic E-state index is 13.1. The van der Waals surface area contributed by atoms with Crippen LogP contribution in [-0.2, 0) is 11.3 Å². The quantitative estimate of drug-likeness (QED) is 0.757. The summed E-state index contributed by atoms with van der Waals surface area (Å²) in [7, 11) is 0. The minimum atomic E-state index is -0.298. The normalized spacial score (nSPS) is 23.4. The standard InChI is InChI=1S/C22H22N2O4/c1-2-24-12-16(22(26)23-17-11-20-14(17)7-9-28-20)21(25)15-10-13(5-6-18(15)24)19-4-3-8-27-19/h3-6,8,10,12,14,17,20H,2,7,9,11H2,1H3,(H,23,26)/t14-,17+,20+/m1/s1.